The Labute approximate surface area is 146 Å². The van der Waals surface area contributed by atoms with Gasteiger partial charge in [-0.05, 0) is 55.8 Å². The molecule has 1 unspecified atom stereocenters. The van der Waals surface area contributed by atoms with Crippen molar-refractivity contribution in [3.63, 3.8) is 0 Å². The zero-order valence-corrected chi connectivity index (χ0v) is 14.6. The molecule has 0 bridgehead atoms. The number of nitrogens with one attached hydrogen (secondary N) is 2. The van der Waals surface area contributed by atoms with Crippen LogP contribution in [0.1, 0.15) is 19.4 Å². The highest BCUT2D eigenvalue weighted by Crippen LogP contribution is 2.20. The van der Waals surface area contributed by atoms with E-state index in [0.717, 1.165) is 16.3 Å². The van der Waals surface area contributed by atoms with Crippen LogP contribution in [0.25, 0.3) is 5.70 Å². The summed E-state index contributed by atoms with van der Waals surface area (Å²) in [7, 11) is 0. The van der Waals surface area contributed by atoms with E-state index in [2.05, 4.69) is 22.4 Å². The van der Waals surface area contributed by atoms with Crippen molar-refractivity contribution in [1.29, 1.82) is 0 Å². The highest BCUT2D eigenvalue weighted by Gasteiger charge is 2.14. The van der Waals surface area contributed by atoms with Crippen molar-refractivity contribution in [3.05, 3.63) is 60.8 Å². The standard InChI is InChI=1S/C18H21N3O2S/c1-4-23-16-10-8-15(9-11-16)13(2)20-21-18(22)14(3)24-17-7-5-6-12-19-17/h5-12,14,20H,2,4H2,1,3H3,(H,21,22). The van der Waals surface area contributed by atoms with Crippen molar-refractivity contribution >= 4 is 23.4 Å². The maximum atomic E-state index is 12.1. The van der Waals surface area contributed by atoms with Crippen molar-refractivity contribution in [2.24, 2.45) is 0 Å². The monoisotopic (exact) mass is 343 g/mol. The lowest BCUT2D eigenvalue weighted by atomic mass is 10.2. The van der Waals surface area contributed by atoms with Crippen LogP contribution in [0.4, 0.5) is 0 Å². The number of benzene rings is 1. The molecular formula is C18H21N3O2S. The summed E-state index contributed by atoms with van der Waals surface area (Å²) in [6, 6.07) is 13.1. The summed E-state index contributed by atoms with van der Waals surface area (Å²) in [6.45, 7) is 8.32. The van der Waals surface area contributed by atoms with Gasteiger partial charge in [0.15, 0.2) is 0 Å². The highest BCUT2D eigenvalue weighted by atomic mass is 32.2. The molecule has 0 fully saturated rings. The van der Waals surface area contributed by atoms with Crippen LogP contribution in [0.2, 0.25) is 0 Å². The van der Waals surface area contributed by atoms with Crippen molar-refractivity contribution < 1.29 is 9.53 Å². The van der Waals surface area contributed by atoms with Crippen LogP contribution >= 0.6 is 11.8 Å². The van der Waals surface area contributed by atoms with Gasteiger partial charge in [-0.2, -0.15) is 0 Å². The van der Waals surface area contributed by atoms with Crippen molar-refractivity contribution in [2.75, 3.05) is 6.61 Å². The number of hydrazine groups is 1. The van der Waals surface area contributed by atoms with Gasteiger partial charge in [-0.15, -0.1) is 0 Å². The van der Waals surface area contributed by atoms with Crippen molar-refractivity contribution in [2.45, 2.75) is 24.1 Å². The molecule has 2 N–H and O–H groups in total. The van der Waals surface area contributed by atoms with Gasteiger partial charge in [0, 0.05) is 6.20 Å². The largest absolute Gasteiger partial charge is 0.494 e. The molecule has 0 aliphatic carbocycles. The molecule has 1 atom stereocenters. The van der Waals surface area contributed by atoms with Crippen molar-refractivity contribution in [3.8, 4) is 5.75 Å². The third kappa shape index (κ3) is 5.31. The number of rotatable bonds is 8. The lowest BCUT2D eigenvalue weighted by Gasteiger charge is -2.15. The smallest absolute Gasteiger partial charge is 0.251 e. The van der Waals surface area contributed by atoms with Crippen LogP contribution in [0.5, 0.6) is 5.75 Å². The zero-order valence-electron chi connectivity index (χ0n) is 13.8. The average Bonchev–Trinajstić information content (AvgIpc) is 2.61. The fraction of sp³-hybridized carbons (Fsp3) is 0.222. The molecule has 24 heavy (non-hydrogen) atoms. The Kier molecular flexibility index (Phi) is 6.69. The second-order valence-corrected chi connectivity index (χ2v) is 6.34. The summed E-state index contributed by atoms with van der Waals surface area (Å²) in [4.78, 5) is 16.3. The van der Waals surface area contributed by atoms with Gasteiger partial charge in [0.05, 0.1) is 22.6 Å². The van der Waals surface area contributed by atoms with E-state index in [1.54, 1.807) is 6.20 Å². The average molecular weight is 343 g/mol. The lowest BCUT2D eigenvalue weighted by molar-refractivity contribution is -0.120. The molecule has 0 aliphatic rings. The van der Waals surface area contributed by atoms with E-state index in [0.29, 0.717) is 12.3 Å². The van der Waals surface area contributed by atoms with E-state index in [1.165, 1.54) is 11.8 Å². The summed E-state index contributed by atoms with van der Waals surface area (Å²) >= 11 is 1.40. The Morgan fingerprint density at radius 1 is 1.25 bits per heavy atom. The fourth-order valence-corrected chi connectivity index (χ4v) is 2.69. The van der Waals surface area contributed by atoms with Gasteiger partial charge in [0.2, 0.25) is 0 Å². The quantitative estimate of drug-likeness (QED) is 0.569. The van der Waals surface area contributed by atoms with Gasteiger partial charge in [-0.25, -0.2) is 4.98 Å². The Morgan fingerprint density at radius 2 is 2.00 bits per heavy atom. The molecule has 1 amide bonds. The summed E-state index contributed by atoms with van der Waals surface area (Å²) in [6.07, 6.45) is 1.71. The number of amides is 1. The minimum absolute atomic E-state index is 0.141. The Morgan fingerprint density at radius 3 is 2.62 bits per heavy atom. The molecule has 2 aromatic rings. The predicted molar refractivity (Wildman–Crippen MR) is 97.5 cm³/mol. The van der Waals surface area contributed by atoms with Gasteiger partial charge in [0.1, 0.15) is 5.75 Å². The minimum Gasteiger partial charge on any atom is -0.494 e. The van der Waals surface area contributed by atoms with Crippen LogP contribution in [-0.2, 0) is 4.79 Å². The summed E-state index contributed by atoms with van der Waals surface area (Å²) in [5.41, 5.74) is 7.01. The highest BCUT2D eigenvalue weighted by molar-refractivity contribution is 8.00. The fourth-order valence-electron chi connectivity index (χ4n) is 1.88. The second-order valence-electron chi connectivity index (χ2n) is 4.98. The number of thioether (sulfide) groups is 1. The van der Waals surface area contributed by atoms with Crippen LogP contribution < -0.4 is 15.6 Å². The number of hydrogen-bond donors (Lipinski definition) is 2. The topological polar surface area (TPSA) is 63.2 Å². The number of hydrogen-bond acceptors (Lipinski definition) is 5. The van der Waals surface area contributed by atoms with E-state index in [9.17, 15) is 4.79 Å². The molecule has 2 rings (SSSR count). The third-order valence-corrected chi connectivity index (χ3v) is 4.21. The molecule has 1 aromatic carbocycles. The SMILES string of the molecule is C=C(NNC(=O)C(C)Sc1ccccn1)c1ccc(OCC)cc1. The molecular weight excluding hydrogens is 322 g/mol. The molecule has 0 saturated heterocycles. The predicted octanol–water partition coefficient (Wildman–Crippen LogP) is 3.25. The molecule has 0 spiro atoms. The minimum atomic E-state index is -0.277. The van der Waals surface area contributed by atoms with E-state index < -0.39 is 0 Å². The van der Waals surface area contributed by atoms with E-state index >= 15 is 0 Å². The normalized spacial score (nSPS) is 11.4. The number of carbonyl (C=O) groups excluding carboxylic acids is 1. The third-order valence-electron chi connectivity index (χ3n) is 3.15. The molecule has 126 valence electrons. The Hall–Kier alpha value is -2.47. The number of carbonyl (C=O) groups is 1. The van der Waals surface area contributed by atoms with Crippen LogP contribution in [0.3, 0.4) is 0 Å². The number of ether oxygens (including phenoxy) is 1. The van der Waals surface area contributed by atoms with Gasteiger partial charge in [-0.1, -0.05) is 24.4 Å². The summed E-state index contributed by atoms with van der Waals surface area (Å²) < 4.78 is 5.40. The number of nitrogens with zero attached hydrogens (tertiary/aromatic N) is 1. The maximum absolute atomic E-state index is 12.1. The molecule has 6 heteroatoms. The molecule has 0 aliphatic heterocycles. The van der Waals surface area contributed by atoms with E-state index in [4.69, 9.17) is 4.74 Å². The second kappa shape index (κ2) is 8.98. The van der Waals surface area contributed by atoms with Gasteiger partial charge in [0.25, 0.3) is 5.91 Å². The van der Waals surface area contributed by atoms with Gasteiger partial charge in [-0.3, -0.25) is 15.6 Å². The molecule has 0 saturated carbocycles. The zero-order chi connectivity index (χ0) is 17.4. The molecule has 0 radical (unpaired) electrons. The summed E-state index contributed by atoms with van der Waals surface area (Å²) in [5, 5.41) is 0.533. The first-order chi connectivity index (χ1) is 11.6. The summed E-state index contributed by atoms with van der Waals surface area (Å²) in [5.74, 6) is 0.663. The Bertz CT molecular complexity index is 674. The Balaban J connectivity index is 1.83. The molecule has 1 heterocycles. The lowest BCUT2D eigenvalue weighted by Crippen LogP contribution is -2.40. The molecule has 5 nitrogen and oxygen atoms in total. The van der Waals surface area contributed by atoms with E-state index in [-0.39, 0.29) is 11.2 Å². The van der Waals surface area contributed by atoms with Crippen molar-refractivity contribution in [1.82, 2.24) is 15.8 Å². The first kappa shape index (κ1) is 17.9. The van der Waals surface area contributed by atoms with E-state index in [1.807, 2.05) is 56.3 Å². The first-order valence-electron chi connectivity index (χ1n) is 7.66. The first-order valence-corrected chi connectivity index (χ1v) is 8.53. The van der Waals surface area contributed by atoms with Crippen LogP contribution in [-0.4, -0.2) is 22.7 Å². The van der Waals surface area contributed by atoms with Gasteiger partial charge < -0.3 is 4.74 Å². The maximum Gasteiger partial charge on any atom is 0.251 e. The van der Waals surface area contributed by atoms with Crippen LogP contribution in [0.15, 0.2) is 60.3 Å². The number of pyridine rings is 1. The van der Waals surface area contributed by atoms with Crippen LogP contribution in [0, 0.1) is 0 Å². The molecule has 1 aromatic heterocycles. The van der Waals surface area contributed by atoms with Gasteiger partial charge >= 0.3 is 0 Å². The number of aromatic nitrogens is 1.